The fourth-order valence-electron chi connectivity index (χ4n) is 1.93. The van der Waals surface area contributed by atoms with Crippen molar-refractivity contribution < 1.29 is 19.1 Å². The van der Waals surface area contributed by atoms with Crippen LogP contribution in [0, 0.1) is 0 Å². The number of ether oxygens (including phenoxy) is 2. The van der Waals surface area contributed by atoms with Gasteiger partial charge in [-0.3, -0.25) is 4.79 Å². The zero-order valence-electron chi connectivity index (χ0n) is 12.8. The number of nitrogens with one attached hydrogen (secondary N) is 1. The second-order valence-electron chi connectivity index (χ2n) is 4.81. The maximum absolute atomic E-state index is 12.0. The van der Waals surface area contributed by atoms with Crippen molar-refractivity contribution >= 4 is 35.1 Å². The number of amides is 1. The minimum atomic E-state index is -0.698. The Morgan fingerprint density at radius 3 is 2.29 bits per heavy atom. The van der Waals surface area contributed by atoms with Crippen LogP contribution in [0.25, 0.3) is 0 Å². The molecule has 0 heterocycles. The summed E-state index contributed by atoms with van der Waals surface area (Å²) in [5.74, 6) is -0.829. The summed E-state index contributed by atoms with van der Waals surface area (Å²) in [5, 5.41) is 3.03. The molecule has 0 spiro atoms. The van der Waals surface area contributed by atoms with Crippen molar-refractivity contribution in [1.29, 1.82) is 0 Å². The SMILES string of the molecule is COc1c(Cl)cc(C(=O)OCC(=O)NCc2ccccc2)cc1Cl. The Bertz CT molecular complexity index is 712. The molecule has 7 heteroatoms. The molecule has 5 nitrogen and oxygen atoms in total. The molecule has 0 aliphatic rings. The number of rotatable bonds is 6. The number of hydrogen-bond donors (Lipinski definition) is 1. The molecule has 0 atom stereocenters. The number of carbonyl (C=O) groups excluding carboxylic acids is 2. The molecule has 2 aromatic carbocycles. The Balaban J connectivity index is 1.87. The van der Waals surface area contributed by atoms with E-state index < -0.39 is 18.5 Å². The molecule has 0 aromatic heterocycles. The molecule has 24 heavy (non-hydrogen) atoms. The molecule has 0 fully saturated rings. The first-order valence-corrected chi connectivity index (χ1v) is 7.77. The average Bonchev–Trinajstić information content (AvgIpc) is 2.58. The zero-order valence-corrected chi connectivity index (χ0v) is 14.4. The highest BCUT2D eigenvalue weighted by Crippen LogP contribution is 2.33. The highest BCUT2D eigenvalue weighted by molar-refractivity contribution is 6.37. The first-order chi connectivity index (χ1) is 11.5. The van der Waals surface area contributed by atoms with E-state index in [4.69, 9.17) is 32.7 Å². The van der Waals surface area contributed by atoms with Gasteiger partial charge in [0, 0.05) is 6.54 Å². The minimum Gasteiger partial charge on any atom is -0.494 e. The molecular formula is C17H15Cl2NO4. The zero-order chi connectivity index (χ0) is 17.5. The van der Waals surface area contributed by atoms with Gasteiger partial charge in [0.1, 0.15) is 0 Å². The third-order valence-electron chi connectivity index (χ3n) is 3.10. The van der Waals surface area contributed by atoms with Crippen LogP contribution in [0.4, 0.5) is 0 Å². The lowest BCUT2D eigenvalue weighted by molar-refractivity contribution is -0.124. The summed E-state index contributed by atoms with van der Waals surface area (Å²) < 4.78 is 9.96. The first kappa shape index (κ1) is 18.1. The van der Waals surface area contributed by atoms with Crippen LogP contribution in [-0.2, 0) is 16.1 Å². The summed E-state index contributed by atoms with van der Waals surface area (Å²) in [6, 6.07) is 12.1. The van der Waals surface area contributed by atoms with Crippen molar-refractivity contribution in [2.24, 2.45) is 0 Å². The molecule has 0 saturated heterocycles. The van der Waals surface area contributed by atoms with Crippen LogP contribution in [0.3, 0.4) is 0 Å². The average molecular weight is 368 g/mol. The van der Waals surface area contributed by atoms with Gasteiger partial charge in [0.15, 0.2) is 12.4 Å². The van der Waals surface area contributed by atoms with Gasteiger partial charge < -0.3 is 14.8 Å². The van der Waals surface area contributed by atoms with Gasteiger partial charge in [-0.25, -0.2) is 4.79 Å². The van der Waals surface area contributed by atoms with Crippen LogP contribution in [0.2, 0.25) is 10.0 Å². The van der Waals surface area contributed by atoms with Gasteiger partial charge in [0.2, 0.25) is 0 Å². The van der Waals surface area contributed by atoms with E-state index >= 15 is 0 Å². The fourth-order valence-corrected chi connectivity index (χ4v) is 2.58. The van der Waals surface area contributed by atoms with Gasteiger partial charge >= 0.3 is 5.97 Å². The molecular weight excluding hydrogens is 353 g/mol. The lowest BCUT2D eigenvalue weighted by Gasteiger charge is -2.09. The van der Waals surface area contributed by atoms with Gasteiger partial charge in [-0.05, 0) is 17.7 Å². The number of methoxy groups -OCH3 is 1. The number of halogens is 2. The fraction of sp³-hybridized carbons (Fsp3) is 0.176. The second-order valence-corrected chi connectivity index (χ2v) is 5.63. The van der Waals surface area contributed by atoms with Crippen molar-refractivity contribution in [3.63, 3.8) is 0 Å². The molecule has 0 bridgehead atoms. The van der Waals surface area contributed by atoms with Crippen LogP contribution < -0.4 is 10.1 Å². The van der Waals surface area contributed by atoms with Crippen molar-refractivity contribution in [2.45, 2.75) is 6.54 Å². The van der Waals surface area contributed by atoms with Crippen molar-refractivity contribution in [1.82, 2.24) is 5.32 Å². The number of hydrogen-bond acceptors (Lipinski definition) is 4. The molecule has 2 rings (SSSR count). The summed E-state index contributed by atoms with van der Waals surface area (Å²) in [5.41, 5.74) is 1.09. The number of esters is 1. The van der Waals surface area contributed by atoms with E-state index in [-0.39, 0.29) is 21.4 Å². The van der Waals surface area contributed by atoms with Crippen molar-refractivity contribution in [3.8, 4) is 5.75 Å². The standard InChI is InChI=1S/C17H15Cl2NO4/c1-23-16-13(18)7-12(8-14(16)19)17(22)24-10-15(21)20-9-11-5-3-2-4-6-11/h2-8H,9-10H2,1H3,(H,20,21). The Labute approximate surface area is 149 Å². The molecule has 0 unspecified atom stereocenters. The van der Waals surface area contributed by atoms with E-state index in [0.29, 0.717) is 6.54 Å². The highest BCUT2D eigenvalue weighted by Gasteiger charge is 2.15. The topological polar surface area (TPSA) is 64.6 Å². The second kappa shape index (κ2) is 8.57. The van der Waals surface area contributed by atoms with E-state index in [9.17, 15) is 9.59 Å². The van der Waals surface area contributed by atoms with Gasteiger partial charge in [-0.15, -0.1) is 0 Å². The molecule has 0 aliphatic heterocycles. The largest absolute Gasteiger partial charge is 0.494 e. The third kappa shape index (κ3) is 4.88. The molecule has 0 aliphatic carbocycles. The lowest BCUT2D eigenvalue weighted by Crippen LogP contribution is -2.28. The maximum atomic E-state index is 12.0. The monoisotopic (exact) mass is 367 g/mol. The Morgan fingerprint density at radius 2 is 1.71 bits per heavy atom. The molecule has 0 radical (unpaired) electrons. The predicted molar refractivity (Wildman–Crippen MR) is 91.6 cm³/mol. The van der Waals surface area contributed by atoms with E-state index in [1.807, 2.05) is 30.3 Å². The van der Waals surface area contributed by atoms with Crippen molar-refractivity contribution in [2.75, 3.05) is 13.7 Å². The summed E-state index contributed by atoms with van der Waals surface area (Å²) in [6.07, 6.45) is 0. The number of benzene rings is 2. The molecule has 2 aromatic rings. The Hall–Kier alpha value is -2.24. The van der Waals surface area contributed by atoms with Gasteiger partial charge in [0.25, 0.3) is 5.91 Å². The molecule has 126 valence electrons. The van der Waals surface area contributed by atoms with Crippen LogP contribution in [0.15, 0.2) is 42.5 Å². The normalized spacial score (nSPS) is 10.1. The van der Waals surface area contributed by atoms with E-state index in [0.717, 1.165) is 5.56 Å². The summed E-state index contributed by atoms with van der Waals surface area (Å²) in [6.45, 7) is -0.0374. The van der Waals surface area contributed by atoms with E-state index in [1.54, 1.807) is 0 Å². The smallest absolute Gasteiger partial charge is 0.338 e. The molecule has 0 saturated carbocycles. The van der Waals surface area contributed by atoms with E-state index in [1.165, 1.54) is 19.2 Å². The van der Waals surface area contributed by atoms with E-state index in [2.05, 4.69) is 5.32 Å². The lowest BCUT2D eigenvalue weighted by atomic mass is 10.2. The van der Waals surface area contributed by atoms with Crippen LogP contribution in [0.5, 0.6) is 5.75 Å². The van der Waals surface area contributed by atoms with Crippen LogP contribution in [-0.4, -0.2) is 25.6 Å². The minimum absolute atomic E-state index is 0.140. The number of carbonyl (C=O) groups is 2. The third-order valence-corrected chi connectivity index (χ3v) is 3.67. The summed E-state index contributed by atoms with van der Waals surface area (Å²) in [4.78, 5) is 23.7. The van der Waals surface area contributed by atoms with Crippen molar-refractivity contribution in [3.05, 3.63) is 63.6 Å². The van der Waals surface area contributed by atoms with Gasteiger partial charge in [-0.2, -0.15) is 0 Å². The predicted octanol–water partition coefficient (Wildman–Crippen LogP) is 3.48. The summed E-state index contributed by atoms with van der Waals surface area (Å²) in [7, 11) is 1.42. The Morgan fingerprint density at radius 1 is 1.08 bits per heavy atom. The molecule has 1 amide bonds. The quantitative estimate of drug-likeness (QED) is 0.793. The Kier molecular flexibility index (Phi) is 6.46. The summed E-state index contributed by atoms with van der Waals surface area (Å²) >= 11 is 11.9. The highest BCUT2D eigenvalue weighted by atomic mass is 35.5. The maximum Gasteiger partial charge on any atom is 0.338 e. The van der Waals surface area contributed by atoms with Crippen LogP contribution >= 0.6 is 23.2 Å². The van der Waals surface area contributed by atoms with Gasteiger partial charge in [0.05, 0.1) is 22.7 Å². The first-order valence-electron chi connectivity index (χ1n) is 7.02. The van der Waals surface area contributed by atoms with Crippen LogP contribution in [0.1, 0.15) is 15.9 Å². The van der Waals surface area contributed by atoms with Gasteiger partial charge in [-0.1, -0.05) is 53.5 Å². The molecule has 1 N–H and O–H groups in total.